The summed E-state index contributed by atoms with van der Waals surface area (Å²) in [5, 5.41) is 0. The first-order chi connectivity index (χ1) is 4.83. The van der Waals surface area contributed by atoms with Gasteiger partial charge in [-0.25, -0.2) is 0 Å². The minimum atomic E-state index is 0.768. The molecule has 1 aliphatic heterocycles. The fraction of sp³-hybridized carbons (Fsp3) is 0.500. The van der Waals surface area contributed by atoms with E-state index in [-0.39, 0.29) is 0 Å². The minimum Gasteiger partial charge on any atom is -0.336 e. The SMILES string of the molecule is [B]C1=CCN([B]C=O)CC1. The van der Waals surface area contributed by atoms with Gasteiger partial charge in [-0.05, 0) is 13.0 Å². The highest BCUT2D eigenvalue weighted by Gasteiger charge is 2.08. The van der Waals surface area contributed by atoms with Gasteiger partial charge in [-0.15, -0.1) is 5.47 Å². The third-order valence-corrected chi connectivity index (χ3v) is 1.55. The third kappa shape index (κ3) is 2.03. The lowest BCUT2D eigenvalue weighted by molar-refractivity contribution is 0.479. The average Bonchev–Trinajstić information content (AvgIpc) is 1.95. The lowest BCUT2D eigenvalue weighted by atomic mass is 9.85. The first kappa shape index (κ1) is 7.61. The van der Waals surface area contributed by atoms with Gasteiger partial charge in [0, 0.05) is 6.54 Å². The van der Waals surface area contributed by atoms with E-state index in [4.69, 9.17) is 7.85 Å². The van der Waals surface area contributed by atoms with Crippen LogP contribution >= 0.6 is 0 Å². The topological polar surface area (TPSA) is 20.3 Å². The number of carbonyl (C=O) groups is 1. The largest absolute Gasteiger partial charge is 0.336 e. The van der Waals surface area contributed by atoms with Gasteiger partial charge in [-0.2, -0.15) is 0 Å². The Bertz CT molecular complexity index is 158. The average molecular weight is 132 g/mol. The summed E-state index contributed by atoms with van der Waals surface area (Å²) >= 11 is 0. The van der Waals surface area contributed by atoms with Crippen molar-refractivity contribution >= 4 is 21.4 Å². The Morgan fingerprint density at radius 3 is 3.10 bits per heavy atom. The second kappa shape index (κ2) is 3.62. The van der Waals surface area contributed by atoms with Gasteiger partial charge < -0.3 is 9.61 Å². The van der Waals surface area contributed by atoms with Gasteiger partial charge in [0.1, 0.15) is 7.85 Å². The maximum atomic E-state index is 10.0. The summed E-state index contributed by atoms with van der Waals surface area (Å²) in [4.78, 5) is 11.9. The number of rotatable bonds is 2. The fourth-order valence-electron chi connectivity index (χ4n) is 0.922. The number of hydrogen-bond donors (Lipinski definition) is 0. The van der Waals surface area contributed by atoms with E-state index in [1.54, 1.807) is 7.41 Å². The van der Waals surface area contributed by atoms with Crippen molar-refractivity contribution in [2.45, 2.75) is 6.42 Å². The molecule has 0 saturated heterocycles. The molecule has 0 spiro atoms. The molecule has 4 heteroatoms. The molecule has 0 aromatic rings. The summed E-state index contributed by atoms with van der Waals surface area (Å²) in [5.41, 5.74) is 0.926. The highest BCUT2D eigenvalue weighted by Crippen LogP contribution is 2.04. The minimum absolute atomic E-state index is 0.768. The predicted octanol–water partition coefficient (Wildman–Crippen LogP) is -0.446. The standard InChI is InChI=1S/C6H8B2NO/c7-6-1-3-9(4-2-6)8-5-10/h1,5H,2-4H2. The van der Waals surface area contributed by atoms with Crippen LogP contribution in [-0.4, -0.2) is 39.3 Å². The van der Waals surface area contributed by atoms with Crippen LogP contribution in [0.4, 0.5) is 0 Å². The molecule has 1 rings (SSSR count). The van der Waals surface area contributed by atoms with Crippen LogP contribution in [0.5, 0.6) is 0 Å². The van der Waals surface area contributed by atoms with Crippen molar-refractivity contribution in [1.82, 2.24) is 4.81 Å². The van der Waals surface area contributed by atoms with Crippen molar-refractivity contribution in [3.05, 3.63) is 11.5 Å². The summed E-state index contributed by atoms with van der Waals surface area (Å²) < 4.78 is 0. The maximum Gasteiger partial charge on any atom is 0.293 e. The molecule has 1 heterocycles. The number of carbonyl (C=O) groups excluding carboxylic acids is 1. The lowest BCUT2D eigenvalue weighted by Crippen LogP contribution is -2.33. The first-order valence-corrected chi connectivity index (χ1v) is 3.30. The van der Waals surface area contributed by atoms with Gasteiger partial charge in [0.05, 0.1) is 6.19 Å². The van der Waals surface area contributed by atoms with Crippen molar-refractivity contribution in [3.63, 3.8) is 0 Å². The van der Waals surface area contributed by atoms with Gasteiger partial charge in [-0.3, -0.25) is 0 Å². The van der Waals surface area contributed by atoms with Crippen molar-refractivity contribution in [1.29, 1.82) is 0 Å². The van der Waals surface area contributed by atoms with E-state index in [9.17, 15) is 4.79 Å². The molecule has 0 N–H and O–H groups in total. The molecule has 0 fully saturated rings. The highest BCUT2D eigenvalue weighted by molar-refractivity contribution is 6.64. The summed E-state index contributed by atoms with van der Waals surface area (Å²) in [6, 6.07) is 0. The Morgan fingerprint density at radius 1 is 1.80 bits per heavy atom. The molecule has 0 bridgehead atoms. The molecule has 0 atom stereocenters. The summed E-state index contributed by atoms with van der Waals surface area (Å²) in [6.45, 7) is 1.63. The van der Waals surface area contributed by atoms with E-state index in [0.717, 1.165) is 31.2 Å². The monoisotopic (exact) mass is 132 g/mol. The second-order valence-electron chi connectivity index (χ2n) is 2.31. The Morgan fingerprint density at radius 2 is 2.60 bits per heavy atom. The molecule has 0 saturated carbocycles. The quantitative estimate of drug-likeness (QED) is 0.374. The molecule has 10 heavy (non-hydrogen) atoms. The zero-order valence-corrected chi connectivity index (χ0v) is 5.79. The van der Waals surface area contributed by atoms with E-state index in [1.807, 2.05) is 10.9 Å². The molecule has 0 amide bonds. The molecule has 0 aromatic carbocycles. The summed E-state index contributed by atoms with van der Waals surface area (Å²) in [5.74, 6) is 0. The van der Waals surface area contributed by atoms with Crippen LogP contribution in [0, 0.1) is 0 Å². The van der Waals surface area contributed by atoms with Gasteiger partial charge in [0.25, 0.3) is 7.41 Å². The molecular formula is C6H8B2NO. The van der Waals surface area contributed by atoms with Crippen LogP contribution in [0.3, 0.4) is 0 Å². The molecule has 49 valence electrons. The Balaban J connectivity index is 2.34. The second-order valence-corrected chi connectivity index (χ2v) is 2.31. The number of nitrogens with zero attached hydrogens (tertiary/aromatic N) is 1. The maximum absolute atomic E-state index is 10.0. The molecule has 1 aliphatic rings. The lowest BCUT2D eigenvalue weighted by Gasteiger charge is -2.22. The molecule has 0 aliphatic carbocycles. The van der Waals surface area contributed by atoms with Gasteiger partial charge in [-0.1, -0.05) is 6.08 Å². The van der Waals surface area contributed by atoms with Crippen molar-refractivity contribution in [3.8, 4) is 0 Å². The van der Waals surface area contributed by atoms with Gasteiger partial charge >= 0.3 is 0 Å². The summed E-state index contributed by atoms with van der Waals surface area (Å²) in [6.07, 6.45) is 3.60. The zero-order chi connectivity index (χ0) is 7.40. The van der Waals surface area contributed by atoms with E-state index in [0.29, 0.717) is 0 Å². The van der Waals surface area contributed by atoms with Crippen LogP contribution < -0.4 is 0 Å². The van der Waals surface area contributed by atoms with Crippen LogP contribution in [0.25, 0.3) is 0 Å². The first-order valence-electron chi connectivity index (χ1n) is 3.30. The molecule has 3 radical (unpaired) electrons. The predicted molar refractivity (Wildman–Crippen MR) is 42.5 cm³/mol. The molecule has 0 unspecified atom stereocenters. The number of hydrogen-bond acceptors (Lipinski definition) is 2. The van der Waals surface area contributed by atoms with E-state index in [2.05, 4.69) is 0 Å². The van der Waals surface area contributed by atoms with E-state index < -0.39 is 0 Å². The van der Waals surface area contributed by atoms with Crippen molar-refractivity contribution < 1.29 is 4.79 Å². The summed E-state index contributed by atoms with van der Waals surface area (Å²) in [7, 11) is 7.07. The Hall–Kier alpha value is -0.500. The van der Waals surface area contributed by atoms with E-state index in [1.165, 1.54) is 0 Å². The van der Waals surface area contributed by atoms with Crippen LogP contribution in [0.15, 0.2) is 11.5 Å². The zero-order valence-electron chi connectivity index (χ0n) is 5.79. The fourth-order valence-corrected chi connectivity index (χ4v) is 0.922. The van der Waals surface area contributed by atoms with E-state index >= 15 is 0 Å². The third-order valence-electron chi connectivity index (χ3n) is 1.55. The normalized spacial score (nSPS) is 19.8. The van der Waals surface area contributed by atoms with Crippen molar-refractivity contribution in [2.24, 2.45) is 0 Å². The molecule has 0 aromatic heterocycles. The van der Waals surface area contributed by atoms with Gasteiger partial charge in [0.15, 0.2) is 0 Å². The van der Waals surface area contributed by atoms with Crippen LogP contribution in [0.2, 0.25) is 0 Å². The molecule has 2 nitrogen and oxygen atoms in total. The molecular weight excluding hydrogens is 124 g/mol. The van der Waals surface area contributed by atoms with Crippen molar-refractivity contribution in [2.75, 3.05) is 13.1 Å². The highest BCUT2D eigenvalue weighted by atomic mass is 16.1. The van der Waals surface area contributed by atoms with Gasteiger partial charge in [0.2, 0.25) is 0 Å². The Labute approximate surface area is 63.0 Å². The smallest absolute Gasteiger partial charge is 0.293 e. The Kier molecular flexibility index (Phi) is 2.75. The van der Waals surface area contributed by atoms with Crippen LogP contribution in [0.1, 0.15) is 6.42 Å². The van der Waals surface area contributed by atoms with Crippen LogP contribution in [-0.2, 0) is 4.79 Å².